The summed E-state index contributed by atoms with van der Waals surface area (Å²) in [6.07, 6.45) is 0. The van der Waals surface area contributed by atoms with Crippen LogP contribution in [0.15, 0.2) is 35.7 Å². The van der Waals surface area contributed by atoms with E-state index < -0.39 is 12.5 Å². The summed E-state index contributed by atoms with van der Waals surface area (Å²) in [5, 5.41) is 4.92. The molecule has 1 aromatic heterocycles. The standard InChI is InChI=1S/C14H14F2N2O2S/c15-14(16)20-11-3-1-9(2-4-11)6-18-7-12-5-10(8-21-12)13(17)19/h1-5,8,14,18H,6-7H2,(H2,17,19). The van der Waals surface area contributed by atoms with Crippen LogP contribution in [0.3, 0.4) is 0 Å². The Kier molecular flexibility index (Phi) is 5.24. The molecule has 0 aliphatic carbocycles. The van der Waals surface area contributed by atoms with Gasteiger partial charge in [0.1, 0.15) is 5.75 Å². The third-order valence-electron chi connectivity index (χ3n) is 2.72. The molecule has 112 valence electrons. The van der Waals surface area contributed by atoms with Gasteiger partial charge in [-0.3, -0.25) is 4.79 Å². The minimum atomic E-state index is -2.81. The van der Waals surface area contributed by atoms with Crippen LogP contribution in [0, 0.1) is 0 Å². The number of nitrogens with two attached hydrogens (primary N) is 1. The van der Waals surface area contributed by atoms with Crippen LogP contribution in [0.4, 0.5) is 8.78 Å². The minimum Gasteiger partial charge on any atom is -0.435 e. The first-order chi connectivity index (χ1) is 10.0. The molecule has 0 saturated heterocycles. The van der Waals surface area contributed by atoms with Crippen LogP contribution in [-0.2, 0) is 13.1 Å². The van der Waals surface area contributed by atoms with Gasteiger partial charge in [0.15, 0.2) is 0 Å². The van der Waals surface area contributed by atoms with E-state index in [1.54, 1.807) is 23.6 Å². The number of alkyl halides is 2. The summed E-state index contributed by atoms with van der Waals surface area (Å²) < 4.78 is 28.3. The number of thiophene rings is 1. The van der Waals surface area contributed by atoms with Gasteiger partial charge in [-0.05, 0) is 23.8 Å². The molecule has 2 rings (SSSR count). The Balaban J connectivity index is 1.81. The summed E-state index contributed by atoms with van der Waals surface area (Å²) in [5.74, 6) is -0.301. The van der Waals surface area contributed by atoms with Crippen molar-refractivity contribution in [3.8, 4) is 5.75 Å². The molecule has 0 aliphatic rings. The van der Waals surface area contributed by atoms with Crippen molar-refractivity contribution in [2.75, 3.05) is 0 Å². The fraction of sp³-hybridized carbons (Fsp3) is 0.214. The van der Waals surface area contributed by atoms with E-state index in [-0.39, 0.29) is 5.75 Å². The van der Waals surface area contributed by atoms with Crippen molar-refractivity contribution in [1.29, 1.82) is 0 Å². The zero-order chi connectivity index (χ0) is 15.2. The van der Waals surface area contributed by atoms with E-state index in [1.165, 1.54) is 23.5 Å². The van der Waals surface area contributed by atoms with E-state index in [1.807, 2.05) is 0 Å². The predicted molar refractivity (Wildman–Crippen MR) is 76.5 cm³/mol. The second kappa shape index (κ2) is 7.14. The third kappa shape index (κ3) is 4.80. The van der Waals surface area contributed by atoms with Gasteiger partial charge < -0.3 is 15.8 Å². The summed E-state index contributed by atoms with van der Waals surface area (Å²) in [6, 6.07) is 8.18. The maximum atomic E-state index is 12.0. The van der Waals surface area contributed by atoms with Crippen molar-refractivity contribution in [1.82, 2.24) is 5.32 Å². The number of benzene rings is 1. The molecule has 4 nitrogen and oxygen atoms in total. The molecule has 0 spiro atoms. The second-order valence-electron chi connectivity index (χ2n) is 4.29. The summed E-state index contributed by atoms with van der Waals surface area (Å²) in [5.41, 5.74) is 6.63. The number of nitrogens with one attached hydrogen (secondary N) is 1. The van der Waals surface area contributed by atoms with Gasteiger partial charge in [0.05, 0.1) is 5.56 Å². The molecular formula is C14H14F2N2O2S. The van der Waals surface area contributed by atoms with Crippen molar-refractivity contribution in [2.24, 2.45) is 5.73 Å². The Hall–Kier alpha value is -1.99. The molecular weight excluding hydrogens is 298 g/mol. The van der Waals surface area contributed by atoms with Crippen molar-refractivity contribution in [3.63, 3.8) is 0 Å². The fourth-order valence-corrected chi connectivity index (χ4v) is 2.56. The largest absolute Gasteiger partial charge is 0.435 e. The molecule has 1 aromatic carbocycles. The Labute approximate surface area is 124 Å². The molecule has 1 heterocycles. The first-order valence-corrected chi connectivity index (χ1v) is 7.04. The van der Waals surface area contributed by atoms with Crippen molar-refractivity contribution in [3.05, 3.63) is 51.7 Å². The van der Waals surface area contributed by atoms with E-state index in [2.05, 4.69) is 10.1 Å². The van der Waals surface area contributed by atoms with Gasteiger partial charge in [-0.1, -0.05) is 12.1 Å². The SMILES string of the molecule is NC(=O)c1csc(CNCc2ccc(OC(F)F)cc2)c1. The Morgan fingerprint density at radius 3 is 2.57 bits per heavy atom. The predicted octanol–water partition coefficient (Wildman–Crippen LogP) is 2.74. The normalized spacial score (nSPS) is 10.8. The highest BCUT2D eigenvalue weighted by Gasteiger charge is 2.05. The van der Waals surface area contributed by atoms with Crippen LogP contribution in [0.2, 0.25) is 0 Å². The number of ether oxygens (including phenoxy) is 1. The maximum absolute atomic E-state index is 12.0. The molecule has 7 heteroatoms. The monoisotopic (exact) mass is 312 g/mol. The number of carbonyl (C=O) groups is 1. The van der Waals surface area contributed by atoms with Crippen molar-refractivity contribution < 1.29 is 18.3 Å². The fourth-order valence-electron chi connectivity index (χ4n) is 1.72. The Morgan fingerprint density at radius 1 is 1.29 bits per heavy atom. The molecule has 21 heavy (non-hydrogen) atoms. The number of rotatable bonds is 7. The summed E-state index contributed by atoms with van der Waals surface area (Å²) in [4.78, 5) is 12.0. The first kappa shape index (κ1) is 15.4. The summed E-state index contributed by atoms with van der Waals surface area (Å²) in [7, 11) is 0. The molecule has 0 atom stereocenters. The first-order valence-electron chi connectivity index (χ1n) is 6.16. The Morgan fingerprint density at radius 2 is 2.00 bits per heavy atom. The third-order valence-corrected chi connectivity index (χ3v) is 3.65. The smallest absolute Gasteiger partial charge is 0.387 e. The van der Waals surface area contributed by atoms with Gasteiger partial charge in [0.25, 0.3) is 0 Å². The van der Waals surface area contributed by atoms with Crippen LogP contribution in [-0.4, -0.2) is 12.5 Å². The molecule has 0 aliphatic heterocycles. The molecule has 0 bridgehead atoms. The van der Waals surface area contributed by atoms with Gasteiger partial charge in [0.2, 0.25) is 5.91 Å². The number of carbonyl (C=O) groups excluding carboxylic acids is 1. The summed E-state index contributed by atoms with van der Waals surface area (Å²) >= 11 is 1.46. The molecule has 2 aromatic rings. The van der Waals surface area contributed by atoms with E-state index in [9.17, 15) is 13.6 Å². The lowest BCUT2D eigenvalue weighted by molar-refractivity contribution is -0.0498. The zero-order valence-electron chi connectivity index (χ0n) is 11.0. The number of amides is 1. The van der Waals surface area contributed by atoms with Gasteiger partial charge in [0, 0.05) is 23.3 Å². The zero-order valence-corrected chi connectivity index (χ0v) is 11.8. The van der Waals surface area contributed by atoms with Crippen LogP contribution < -0.4 is 15.8 Å². The van der Waals surface area contributed by atoms with Gasteiger partial charge >= 0.3 is 6.61 Å². The lowest BCUT2D eigenvalue weighted by Gasteiger charge is -2.06. The molecule has 3 N–H and O–H groups in total. The molecule has 0 radical (unpaired) electrons. The lowest BCUT2D eigenvalue weighted by atomic mass is 10.2. The van der Waals surface area contributed by atoms with E-state index in [4.69, 9.17) is 5.73 Å². The summed E-state index contributed by atoms with van der Waals surface area (Å²) in [6.45, 7) is -1.63. The highest BCUT2D eigenvalue weighted by Crippen LogP contribution is 2.16. The van der Waals surface area contributed by atoms with Gasteiger partial charge in [-0.25, -0.2) is 0 Å². The highest BCUT2D eigenvalue weighted by molar-refractivity contribution is 7.10. The number of halogens is 2. The number of hydrogen-bond acceptors (Lipinski definition) is 4. The van der Waals surface area contributed by atoms with E-state index in [0.717, 1.165) is 10.4 Å². The van der Waals surface area contributed by atoms with Crippen molar-refractivity contribution >= 4 is 17.2 Å². The average molecular weight is 312 g/mol. The van der Waals surface area contributed by atoms with E-state index in [0.29, 0.717) is 18.7 Å². The molecule has 1 amide bonds. The molecule has 0 fully saturated rings. The highest BCUT2D eigenvalue weighted by atomic mass is 32.1. The van der Waals surface area contributed by atoms with Crippen LogP contribution in [0.1, 0.15) is 20.8 Å². The van der Waals surface area contributed by atoms with E-state index >= 15 is 0 Å². The minimum absolute atomic E-state index is 0.137. The second-order valence-corrected chi connectivity index (χ2v) is 5.29. The quantitative estimate of drug-likeness (QED) is 0.826. The number of primary amides is 1. The maximum Gasteiger partial charge on any atom is 0.387 e. The van der Waals surface area contributed by atoms with Crippen LogP contribution in [0.5, 0.6) is 5.75 Å². The number of hydrogen-bond donors (Lipinski definition) is 2. The average Bonchev–Trinajstić information content (AvgIpc) is 2.89. The Bertz CT molecular complexity index is 599. The van der Waals surface area contributed by atoms with Crippen LogP contribution in [0.25, 0.3) is 0 Å². The van der Waals surface area contributed by atoms with Gasteiger partial charge in [-0.15, -0.1) is 11.3 Å². The molecule has 0 unspecified atom stereocenters. The topological polar surface area (TPSA) is 64.4 Å². The molecule has 0 saturated carbocycles. The van der Waals surface area contributed by atoms with Crippen molar-refractivity contribution in [2.45, 2.75) is 19.7 Å². The van der Waals surface area contributed by atoms with Gasteiger partial charge in [-0.2, -0.15) is 8.78 Å². The van der Waals surface area contributed by atoms with Crippen LogP contribution >= 0.6 is 11.3 Å². The lowest BCUT2D eigenvalue weighted by Crippen LogP contribution is -2.12.